The van der Waals surface area contributed by atoms with Gasteiger partial charge in [-0.3, -0.25) is 4.79 Å². The first kappa shape index (κ1) is 15.6. The van der Waals surface area contributed by atoms with Gasteiger partial charge in [-0.15, -0.1) is 0 Å². The molecule has 2 rings (SSSR count). The van der Waals surface area contributed by atoms with Crippen LogP contribution >= 0.6 is 0 Å². The fourth-order valence-electron chi connectivity index (χ4n) is 2.24. The lowest BCUT2D eigenvalue weighted by Gasteiger charge is -2.15. The third kappa shape index (κ3) is 5.27. The lowest BCUT2D eigenvalue weighted by Crippen LogP contribution is -2.41. The van der Waals surface area contributed by atoms with Crippen molar-refractivity contribution < 1.29 is 14.3 Å². The summed E-state index contributed by atoms with van der Waals surface area (Å²) in [6, 6.07) is 7.57. The van der Waals surface area contributed by atoms with E-state index in [1.165, 1.54) is 12.8 Å². The fraction of sp³-hybridized carbons (Fsp3) is 0.562. The van der Waals surface area contributed by atoms with Crippen LogP contribution in [0.4, 0.5) is 0 Å². The average Bonchev–Trinajstić information content (AvgIpc) is 3.34. The van der Waals surface area contributed by atoms with Gasteiger partial charge in [-0.1, -0.05) is 0 Å². The summed E-state index contributed by atoms with van der Waals surface area (Å²) in [7, 11) is 1.63. The monoisotopic (exact) mass is 292 g/mol. The van der Waals surface area contributed by atoms with Crippen molar-refractivity contribution in [3.8, 4) is 11.5 Å². The standard InChI is InChI=1S/C16H24N2O3/c1-20-13-6-8-14(9-7-13)21-10-2-3-16(19)18-15(11-17)12-4-5-12/h6-9,12,15H,2-5,10-11,17H2,1H3,(H,18,19). The van der Waals surface area contributed by atoms with Crippen LogP contribution in [0, 0.1) is 5.92 Å². The number of nitrogens with one attached hydrogen (secondary N) is 1. The van der Waals surface area contributed by atoms with Crippen LogP contribution in [0.2, 0.25) is 0 Å². The minimum atomic E-state index is 0.0654. The Morgan fingerprint density at radius 1 is 1.33 bits per heavy atom. The van der Waals surface area contributed by atoms with E-state index in [-0.39, 0.29) is 11.9 Å². The van der Waals surface area contributed by atoms with Crippen LogP contribution in [0.25, 0.3) is 0 Å². The number of carbonyl (C=O) groups is 1. The van der Waals surface area contributed by atoms with E-state index in [0.29, 0.717) is 31.9 Å². The first-order valence-corrected chi connectivity index (χ1v) is 7.49. The molecule has 0 aliphatic heterocycles. The van der Waals surface area contributed by atoms with Crippen molar-refractivity contribution in [2.75, 3.05) is 20.3 Å². The van der Waals surface area contributed by atoms with Crippen molar-refractivity contribution in [3.63, 3.8) is 0 Å². The Labute approximate surface area is 125 Å². The van der Waals surface area contributed by atoms with Gasteiger partial charge in [0.25, 0.3) is 0 Å². The Morgan fingerprint density at radius 2 is 2.00 bits per heavy atom. The van der Waals surface area contributed by atoms with Crippen molar-refractivity contribution in [3.05, 3.63) is 24.3 Å². The number of rotatable bonds is 9. The Balaban J connectivity index is 1.60. The SMILES string of the molecule is COc1ccc(OCCCC(=O)NC(CN)C2CC2)cc1. The second kappa shape index (κ2) is 7.88. The Bertz CT molecular complexity index is 443. The molecular formula is C16H24N2O3. The molecule has 1 aliphatic carbocycles. The summed E-state index contributed by atoms with van der Waals surface area (Å²) in [5.41, 5.74) is 5.67. The molecule has 1 aromatic carbocycles. The molecule has 0 bridgehead atoms. The smallest absolute Gasteiger partial charge is 0.220 e. The molecule has 0 saturated heterocycles. The predicted molar refractivity (Wildman–Crippen MR) is 81.4 cm³/mol. The molecule has 1 fully saturated rings. The first-order valence-electron chi connectivity index (χ1n) is 7.49. The summed E-state index contributed by atoms with van der Waals surface area (Å²) in [4.78, 5) is 11.8. The van der Waals surface area contributed by atoms with E-state index in [9.17, 15) is 4.79 Å². The summed E-state index contributed by atoms with van der Waals surface area (Å²) in [6.07, 6.45) is 3.53. The number of hydrogen-bond acceptors (Lipinski definition) is 4. The number of ether oxygens (including phenoxy) is 2. The maximum atomic E-state index is 11.8. The lowest BCUT2D eigenvalue weighted by molar-refractivity contribution is -0.122. The number of methoxy groups -OCH3 is 1. The summed E-state index contributed by atoms with van der Waals surface area (Å²) in [6.45, 7) is 1.05. The number of nitrogens with two attached hydrogens (primary N) is 1. The zero-order valence-corrected chi connectivity index (χ0v) is 12.5. The van der Waals surface area contributed by atoms with Gasteiger partial charge in [-0.05, 0) is 49.4 Å². The zero-order valence-electron chi connectivity index (χ0n) is 12.5. The lowest BCUT2D eigenvalue weighted by atomic mass is 10.2. The summed E-state index contributed by atoms with van der Waals surface area (Å²) < 4.78 is 10.7. The van der Waals surface area contributed by atoms with Gasteiger partial charge in [0.15, 0.2) is 0 Å². The molecule has 0 spiro atoms. The molecule has 5 heteroatoms. The molecule has 1 aromatic rings. The molecule has 21 heavy (non-hydrogen) atoms. The topological polar surface area (TPSA) is 73.6 Å². The Morgan fingerprint density at radius 3 is 2.57 bits per heavy atom. The zero-order chi connectivity index (χ0) is 15.1. The normalized spacial score (nSPS) is 15.3. The second-order valence-corrected chi connectivity index (χ2v) is 5.37. The second-order valence-electron chi connectivity index (χ2n) is 5.37. The highest BCUT2D eigenvalue weighted by atomic mass is 16.5. The molecule has 1 aliphatic rings. The molecule has 1 saturated carbocycles. The van der Waals surface area contributed by atoms with Crippen molar-refractivity contribution in [1.82, 2.24) is 5.32 Å². The highest BCUT2D eigenvalue weighted by molar-refractivity contribution is 5.76. The van der Waals surface area contributed by atoms with Gasteiger partial charge in [0.1, 0.15) is 11.5 Å². The summed E-state index contributed by atoms with van der Waals surface area (Å²) in [5, 5.41) is 3.01. The molecule has 0 aromatic heterocycles. The predicted octanol–water partition coefficient (Wildman–Crippen LogP) is 1.71. The van der Waals surface area contributed by atoms with E-state index in [0.717, 1.165) is 11.5 Å². The number of amides is 1. The molecular weight excluding hydrogens is 268 g/mol. The van der Waals surface area contributed by atoms with E-state index in [1.807, 2.05) is 24.3 Å². The fourth-order valence-corrected chi connectivity index (χ4v) is 2.24. The van der Waals surface area contributed by atoms with E-state index in [2.05, 4.69) is 5.32 Å². The van der Waals surface area contributed by atoms with Crippen molar-refractivity contribution in [1.29, 1.82) is 0 Å². The van der Waals surface area contributed by atoms with E-state index >= 15 is 0 Å². The molecule has 116 valence electrons. The van der Waals surface area contributed by atoms with Crippen molar-refractivity contribution >= 4 is 5.91 Å². The van der Waals surface area contributed by atoms with Crippen LogP contribution in [0.1, 0.15) is 25.7 Å². The van der Waals surface area contributed by atoms with Crippen LogP contribution in [0.15, 0.2) is 24.3 Å². The van der Waals surface area contributed by atoms with Gasteiger partial charge in [0.2, 0.25) is 5.91 Å². The molecule has 1 atom stereocenters. The maximum Gasteiger partial charge on any atom is 0.220 e. The quantitative estimate of drug-likeness (QED) is 0.680. The van der Waals surface area contributed by atoms with E-state index in [4.69, 9.17) is 15.2 Å². The Hall–Kier alpha value is -1.75. The van der Waals surface area contributed by atoms with E-state index in [1.54, 1.807) is 7.11 Å². The minimum absolute atomic E-state index is 0.0654. The molecule has 0 heterocycles. The molecule has 1 amide bonds. The van der Waals surface area contributed by atoms with Gasteiger partial charge in [-0.25, -0.2) is 0 Å². The molecule has 5 nitrogen and oxygen atoms in total. The third-order valence-electron chi connectivity index (χ3n) is 3.67. The molecule has 1 unspecified atom stereocenters. The van der Waals surface area contributed by atoms with Gasteiger partial charge in [0.05, 0.1) is 13.7 Å². The van der Waals surface area contributed by atoms with Gasteiger partial charge < -0.3 is 20.5 Å². The largest absolute Gasteiger partial charge is 0.497 e. The average molecular weight is 292 g/mol. The molecule has 3 N–H and O–H groups in total. The van der Waals surface area contributed by atoms with Crippen LogP contribution in [0.5, 0.6) is 11.5 Å². The van der Waals surface area contributed by atoms with Crippen LogP contribution in [-0.4, -0.2) is 32.2 Å². The van der Waals surface area contributed by atoms with Crippen molar-refractivity contribution in [2.24, 2.45) is 11.7 Å². The van der Waals surface area contributed by atoms with Crippen LogP contribution < -0.4 is 20.5 Å². The Kier molecular flexibility index (Phi) is 5.87. The minimum Gasteiger partial charge on any atom is -0.497 e. The van der Waals surface area contributed by atoms with Crippen LogP contribution in [-0.2, 0) is 4.79 Å². The summed E-state index contributed by atoms with van der Waals surface area (Å²) >= 11 is 0. The highest BCUT2D eigenvalue weighted by Gasteiger charge is 2.30. The van der Waals surface area contributed by atoms with Gasteiger partial charge in [-0.2, -0.15) is 0 Å². The van der Waals surface area contributed by atoms with Crippen LogP contribution in [0.3, 0.4) is 0 Å². The number of benzene rings is 1. The first-order chi connectivity index (χ1) is 10.2. The third-order valence-corrected chi connectivity index (χ3v) is 3.67. The van der Waals surface area contributed by atoms with E-state index < -0.39 is 0 Å². The summed E-state index contributed by atoms with van der Waals surface area (Å²) in [5.74, 6) is 2.24. The number of carbonyl (C=O) groups excluding carboxylic acids is 1. The van der Waals surface area contributed by atoms with Gasteiger partial charge >= 0.3 is 0 Å². The van der Waals surface area contributed by atoms with Crippen molar-refractivity contribution in [2.45, 2.75) is 31.7 Å². The number of hydrogen-bond donors (Lipinski definition) is 2. The van der Waals surface area contributed by atoms with Gasteiger partial charge in [0, 0.05) is 19.0 Å². The molecule has 0 radical (unpaired) electrons. The highest BCUT2D eigenvalue weighted by Crippen LogP contribution is 2.32. The maximum absolute atomic E-state index is 11.8.